The van der Waals surface area contributed by atoms with Gasteiger partial charge < -0.3 is 4.90 Å². The summed E-state index contributed by atoms with van der Waals surface area (Å²) in [5.74, 6) is 0.435. The van der Waals surface area contributed by atoms with Crippen LogP contribution in [0.25, 0.3) is 0 Å². The lowest BCUT2D eigenvalue weighted by atomic mass is 10.2. The first-order valence-electron chi connectivity index (χ1n) is 5.22. The van der Waals surface area contributed by atoms with E-state index in [4.69, 9.17) is 11.6 Å². The summed E-state index contributed by atoms with van der Waals surface area (Å²) in [6.45, 7) is 2.69. The zero-order valence-corrected chi connectivity index (χ0v) is 10.0. The molecule has 0 fully saturated rings. The van der Waals surface area contributed by atoms with Crippen LogP contribution in [0.3, 0.4) is 0 Å². The molecule has 1 aromatic heterocycles. The van der Waals surface area contributed by atoms with E-state index in [0.29, 0.717) is 12.4 Å². The van der Waals surface area contributed by atoms with Gasteiger partial charge in [0.15, 0.2) is 0 Å². The Labute approximate surface area is 104 Å². The molecular formula is C12H11ClFN3. The van der Waals surface area contributed by atoms with Crippen LogP contribution in [-0.4, -0.2) is 16.5 Å². The fourth-order valence-electron chi connectivity index (χ4n) is 1.57. The van der Waals surface area contributed by atoms with Gasteiger partial charge in [0.2, 0.25) is 5.28 Å². The predicted molar refractivity (Wildman–Crippen MR) is 66.1 cm³/mol. The van der Waals surface area contributed by atoms with Gasteiger partial charge in [-0.05, 0) is 48.9 Å². The second-order valence-corrected chi connectivity index (χ2v) is 3.74. The van der Waals surface area contributed by atoms with Crippen LogP contribution in [0, 0.1) is 5.82 Å². The first-order valence-corrected chi connectivity index (χ1v) is 5.60. The maximum atomic E-state index is 12.9. The molecule has 3 nitrogen and oxygen atoms in total. The molecule has 0 bridgehead atoms. The Morgan fingerprint density at radius 1 is 1.24 bits per heavy atom. The molecule has 0 spiro atoms. The van der Waals surface area contributed by atoms with Crippen LogP contribution in [-0.2, 0) is 0 Å². The molecule has 0 amide bonds. The summed E-state index contributed by atoms with van der Waals surface area (Å²) in [5.41, 5.74) is 0.865. The van der Waals surface area contributed by atoms with Crippen molar-refractivity contribution in [2.75, 3.05) is 11.4 Å². The van der Waals surface area contributed by atoms with Crippen molar-refractivity contribution >= 4 is 23.1 Å². The van der Waals surface area contributed by atoms with Crippen molar-refractivity contribution in [2.24, 2.45) is 0 Å². The van der Waals surface area contributed by atoms with E-state index in [1.165, 1.54) is 12.1 Å². The molecule has 1 aromatic carbocycles. The Balaban J connectivity index is 2.36. The van der Waals surface area contributed by atoms with Gasteiger partial charge in [-0.2, -0.15) is 0 Å². The lowest BCUT2D eigenvalue weighted by Crippen LogP contribution is -2.17. The van der Waals surface area contributed by atoms with Crippen LogP contribution in [0.4, 0.5) is 15.9 Å². The van der Waals surface area contributed by atoms with Gasteiger partial charge in [-0.15, -0.1) is 0 Å². The number of hydrogen-bond donors (Lipinski definition) is 0. The van der Waals surface area contributed by atoms with Crippen LogP contribution in [0.5, 0.6) is 0 Å². The maximum absolute atomic E-state index is 12.9. The van der Waals surface area contributed by atoms with Crippen LogP contribution >= 0.6 is 11.6 Å². The smallest absolute Gasteiger partial charge is 0.224 e. The van der Waals surface area contributed by atoms with Gasteiger partial charge in [-0.25, -0.2) is 14.4 Å². The monoisotopic (exact) mass is 251 g/mol. The van der Waals surface area contributed by atoms with Crippen LogP contribution in [0.15, 0.2) is 36.5 Å². The summed E-state index contributed by atoms with van der Waals surface area (Å²) < 4.78 is 12.9. The number of benzene rings is 1. The minimum absolute atomic E-state index is 0.197. The summed E-state index contributed by atoms with van der Waals surface area (Å²) in [6.07, 6.45) is 1.59. The minimum atomic E-state index is -0.259. The van der Waals surface area contributed by atoms with Gasteiger partial charge in [0, 0.05) is 18.4 Å². The third-order valence-corrected chi connectivity index (χ3v) is 2.52. The SMILES string of the molecule is CCN(c1ccc(F)cc1)c1ccnc(Cl)n1. The molecule has 0 aliphatic rings. The van der Waals surface area contributed by atoms with Crippen molar-refractivity contribution < 1.29 is 4.39 Å². The highest BCUT2D eigenvalue weighted by atomic mass is 35.5. The van der Waals surface area contributed by atoms with E-state index in [9.17, 15) is 4.39 Å². The number of halogens is 2. The lowest BCUT2D eigenvalue weighted by Gasteiger charge is -2.21. The van der Waals surface area contributed by atoms with Gasteiger partial charge in [-0.1, -0.05) is 0 Å². The highest BCUT2D eigenvalue weighted by molar-refractivity contribution is 6.28. The van der Waals surface area contributed by atoms with Gasteiger partial charge in [0.1, 0.15) is 11.6 Å². The normalized spacial score (nSPS) is 10.3. The molecule has 0 unspecified atom stereocenters. The molecule has 0 aliphatic carbocycles. The van der Waals surface area contributed by atoms with Crippen molar-refractivity contribution in [3.8, 4) is 0 Å². The molecule has 5 heteroatoms. The second-order valence-electron chi connectivity index (χ2n) is 3.40. The average Bonchev–Trinajstić information content (AvgIpc) is 2.33. The van der Waals surface area contributed by atoms with E-state index in [-0.39, 0.29) is 11.1 Å². The van der Waals surface area contributed by atoms with Crippen molar-refractivity contribution in [1.29, 1.82) is 0 Å². The van der Waals surface area contributed by atoms with Crippen molar-refractivity contribution in [2.45, 2.75) is 6.92 Å². The van der Waals surface area contributed by atoms with Crippen LogP contribution in [0.1, 0.15) is 6.92 Å². The number of anilines is 2. The Hall–Kier alpha value is -1.68. The molecule has 2 rings (SSSR count). The molecular weight excluding hydrogens is 241 g/mol. The molecule has 1 heterocycles. The van der Waals surface area contributed by atoms with Crippen molar-refractivity contribution in [1.82, 2.24) is 9.97 Å². The maximum Gasteiger partial charge on any atom is 0.224 e. The van der Waals surface area contributed by atoms with Gasteiger partial charge in [0.25, 0.3) is 0 Å². The Bertz CT molecular complexity index is 501. The summed E-state index contributed by atoms with van der Waals surface area (Å²) >= 11 is 5.75. The second kappa shape index (κ2) is 5.10. The van der Waals surface area contributed by atoms with E-state index in [0.717, 1.165) is 5.69 Å². The number of rotatable bonds is 3. The van der Waals surface area contributed by atoms with Crippen LogP contribution < -0.4 is 4.90 Å². The Morgan fingerprint density at radius 2 is 1.94 bits per heavy atom. The standard InChI is InChI=1S/C12H11ClFN3/c1-2-17(10-5-3-9(14)4-6-10)11-7-8-15-12(13)16-11/h3-8H,2H2,1H3. The quantitative estimate of drug-likeness (QED) is 0.783. The highest BCUT2D eigenvalue weighted by Gasteiger charge is 2.09. The van der Waals surface area contributed by atoms with Gasteiger partial charge >= 0.3 is 0 Å². The summed E-state index contributed by atoms with van der Waals surface area (Å²) in [6, 6.07) is 8.00. The first-order chi connectivity index (χ1) is 8.20. The van der Waals surface area contributed by atoms with E-state index in [2.05, 4.69) is 9.97 Å². The molecule has 0 atom stereocenters. The highest BCUT2D eigenvalue weighted by Crippen LogP contribution is 2.23. The summed E-state index contributed by atoms with van der Waals surface area (Å²) in [7, 11) is 0. The average molecular weight is 252 g/mol. The lowest BCUT2D eigenvalue weighted by molar-refractivity contribution is 0.628. The van der Waals surface area contributed by atoms with Crippen molar-refractivity contribution in [3.63, 3.8) is 0 Å². The fourth-order valence-corrected chi connectivity index (χ4v) is 1.72. The largest absolute Gasteiger partial charge is 0.327 e. The van der Waals surface area contributed by atoms with E-state index in [1.807, 2.05) is 11.8 Å². The molecule has 0 N–H and O–H groups in total. The molecule has 2 aromatic rings. The molecule has 88 valence electrons. The number of aromatic nitrogens is 2. The third-order valence-electron chi connectivity index (χ3n) is 2.34. The first kappa shape index (κ1) is 11.8. The summed E-state index contributed by atoms with van der Waals surface area (Å²) in [5, 5.41) is 0.197. The number of hydrogen-bond acceptors (Lipinski definition) is 3. The van der Waals surface area contributed by atoms with Gasteiger partial charge in [0.05, 0.1) is 0 Å². The fraction of sp³-hybridized carbons (Fsp3) is 0.167. The van der Waals surface area contributed by atoms with Crippen LogP contribution in [0.2, 0.25) is 5.28 Å². The Kier molecular flexibility index (Phi) is 3.54. The molecule has 0 saturated carbocycles. The number of nitrogens with zero attached hydrogens (tertiary/aromatic N) is 3. The van der Waals surface area contributed by atoms with E-state index < -0.39 is 0 Å². The van der Waals surface area contributed by atoms with Crippen molar-refractivity contribution in [3.05, 3.63) is 47.6 Å². The van der Waals surface area contributed by atoms with E-state index >= 15 is 0 Å². The Morgan fingerprint density at radius 3 is 2.53 bits per heavy atom. The molecule has 17 heavy (non-hydrogen) atoms. The summed E-state index contributed by atoms with van der Waals surface area (Å²) in [4.78, 5) is 9.89. The molecule has 0 aliphatic heterocycles. The third kappa shape index (κ3) is 2.71. The topological polar surface area (TPSA) is 29.0 Å². The van der Waals surface area contributed by atoms with Gasteiger partial charge in [-0.3, -0.25) is 0 Å². The predicted octanol–water partition coefficient (Wildman–Crippen LogP) is 3.43. The molecule has 0 radical (unpaired) electrons. The minimum Gasteiger partial charge on any atom is -0.327 e. The zero-order valence-electron chi connectivity index (χ0n) is 9.27. The molecule has 0 saturated heterocycles. The zero-order chi connectivity index (χ0) is 12.3. The van der Waals surface area contributed by atoms with E-state index in [1.54, 1.807) is 24.4 Å².